The number of aromatic nitrogens is 1. The topological polar surface area (TPSA) is 113 Å². The first-order valence-electron chi connectivity index (χ1n) is 14.2. The number of halogens is 1. The largest absolute Gasteiger partial charge is 0.493 e. The molecule has 0 fully saturated rings. The summed E-state index contributed by atoms with van der Waals surface area (Å²) in [7, 11) is 0. The number of hydrogen-bond acceptors (Lipinski definition) is 6. The molecule has 2 heterocycles. The van der Waals surface area contributed by atoms with Crippen molar-refractivity contribution in [3.8, 4) is 5.75 Å². The van der Waals surface area contributed by atoms with Crippen LogP contribution in [0.25, 0.3) is 0 Å². The Hall–Kier alpha value is -3.04. The third kappa shape index (κ3) is 10.9. The van der Waals surface area contributed by atoms with Gasteiger partial charge in [0.25, 0.3) is 0 Å². The second kappa shape index (κ2) is 16.2. The minimum atomic E-state index is -0.928. The number of aryl methyl sites for hydroxylation is 1. The Kier molecular flexibility index (Phi) is 12.6. The van der Waals surface area contributed by atoms with Gasteiger partial charge in [-0.15, -0.1) is 0 Å². The molecular formula is C30H43FN4O4. The van der Waals surface area contributed by atoms with Crippen LogP contribution in [-0.2, 0) is 29.0 Å². The number of aliphatic hydroxyl groups excluding tert-OH is 1. The average molecular weight is 543 g/mol. The van der Waals surface area contributed by atoms with E-state index in [4.69, 9.17) is 4.74 Å². The molecule has 1 aromatic heterocycles. The van der Waals surface area contributed by atoms with Gasteiger partial charge in [-0.25, -0.2) is 4.39 Å². The molecule has 39 heavy (non-hydrogen) atoms. The van der Waals surface area contributed by atoms with Crippen molar-refractivity contribution in [2.45, 2.75) is 83.9 Å². The number of ether oxygens (including phenoxy) is 1. The van der Waals surface area contributed by atoms with E-state index in [0.29, 0.717) is 37.4 Å². The van der Waals surface area contributed by atoms with Gasteiger partial charge < -0.3 is 25.8 Å². The summed E-state index contributed by atoms with van der Waals surface area (Å²) in [5.41, 5.74) is 2.77. The first-order valence-corrected chi connectivity index (χ1v) is 14.2. The highest BCUT2D eigenvalue weighted by Crippen LogP contribution is 2.21. The molecule has 3 rings (SSSR count). The van der Waals surface area contributed by atoms with Crippen LogP contribution in [0.15, 0.2) is 36.7 Å². The van der Waals surface area contributed by atoms with Crippen LogP contribution in [0.1, 0.15) is 69.1 Å². The van der Waals surface area contributed by atoms with Crippen LogP contribution in [0.3, 0.4) is 0 Å². The lowest BCUT2D eigenvalue weighted by Gasteiger charge is -2.25. The van der Waals surface area contributed by atoms with Gasteiger partial charge in [-0.3, -0.25) is 14.6 Å². The van der Waals surface area contributed by atoms with Gasteiger partial charge in [0.15, 0.2) is 0 Å². The maximum absolute atomic E-state index is 14.5. The fraction of sp³-hybridized carbons (Fsp3) is 0.567. The summed E-state index contributed by atoms with van der Waals surface area (Å²) in [5, 5.41) is 20.1. The van der Waals surface area contributed by atoms with E-state index in [0.717, 1.165) is 36.8 Å². The molecule has 0 saturated heterocycles. The van der Waals surface area contributed by atoms with E-state index in [-0.39, 0.29) is 43.5 Å². The van der Waals surface area contributed by atoms with Crippen LogP contribution >= 0.6 is 0 Å². The van der Waals surface area contributed by atoms with Gasteiger partial charge in [-0.05, 0) is 66.8 Å². The monoisotopic (exact) mass is 542 g/mol. The van der Waals surface area contributed by atoms with Crippen LogP contribution in [0.5, 0.6) is 5.75 Å². The molecule has 4 N–H and O–H groups in total. The Balaban J connectivity index is 1.73. The quantitative estimate of drug-likeness (QED) is 0.407. The molecule has 214 valence electrons. The summed E-state index contributed by atoms with van der Waals surface area (Å²) >= 11 is 0. The molecule has 0 aliphatic carbocycles. The van der Waals surface area contributed by atoms with E-state index >= 15 is 0 Å². The molecule has 2 aromatic rings. The minimum absolute atomic E-state index is 0.0839. The molecule has 0 radical (unpaired) electrons. The molecule has 1 aliphatic rings. The summed E-state index contributed by atoms with van der Waals surface area (Å²) in [6, 6.07) is 5.95. The number of amides is 2. The van der Waals surface area contributed by atoms with E-state index in [1.807, 2.05) is 6.20 Å². The lowest BCUT2D eigenvalue weighted by atomic mass is 9.99. The summed E-state index contributed by atoms with van der Waals surface area (Å²) in [5.74, 6) is -0.123. The van der Waals surface area contributed by atoms with Crippen molar-refractivity contribution >= 4 is 11.8 Å². The first kappa shape index (κ1) is 30.5. The Bertz CT molecular complexity index is 1070. The molecule has 3 atom stereocenters. The molecular weight excluding hydrogens is 499 g/mol. The SMILES string of the molecule is CCCC1CCNC(=O)CCCC(=O)N[C@H]([C@H](O)CNCc2cncc(CC)c2)Cc2cc(F)cc(c2)OC1. The van der Waals surface area contributed by atoms with Crippen LogP contribution in [0, 0.1) is 11.7 Å². The maximum atomic E-state index is 14.5. The lowest BCUT2D eigenvalue weighted by Crippen LogP contribution is -2.48. The van der Waals surface area contributed by atoms with Crippen molar-refractivity contribution in [2.75, 3.05) is 19.7 Å². The minimum Gasteiger partial charge on any atom is -0.493 e. The number of carbonyl (C=O) groups is 2. The highest BCUT2D eigenvalue weighted by atomic mass is 19.1. The standard InChI is InChI=1S/C30H43FN4O4/c1-3-6-22-9-10-34-29(37)7-5-8-30(38)35-27(14-23-12-25(31)15-26(13-23)39-20-22)28(36)19-33-18-24-11-21(4-2)16-32-17-24/h11-13,15-17,22,27-28,33,36H,3-10,14,18-20H2,1-2H3,(H,34,37)(H,35,38)/t22?,27-,28+/m0/s1. The van der Waals surface area contributed by atoms with Crippen molar-refractivity contribution in [1.29, 1.82) is 0 Å². The predicted molar refractivity (Wildman–Crippen MR) is 149 cm³/mol. The predicted octanol–water partition coefficient (Wildman–Crippen LogP) is 3.45. The number of benzene rings is 1. The molecule has 1 aliphatic heterocycles. The molecule has 8 nitrogen and oxygen atoms in total. The number of aliphatic hydroxyl groups is 1. The van der Waals surface area contributed by atoms with Crippen molar-refractivity contribution in [3.63, 3.8) is 0 Å². The third-order valence-corrected chi connectivity index (χ3v) is 7.00. The lowest BCUT2D eigenvalue weighted by molar-refractivity contribution is -0.123. The zero-order chi connectivity index (χ0) is 28.0. The number of fused-ring (bicyclic) bond motifs is 2. The highest BCUT2D eigenvalue weighted by molar-refractivity contribution is 5.79. The van der Waals surface area contributed by atoms with E-state index in [2.05, 4.69) is 40.8 Å². The second-order valence-electron chi connectivity index (χ2n) is 10.4. The molecule has 0 saturated carbocycles. The van der Waals surface area contributed by atoms with Gasteiger partial charge in [-0.1, -0.05) is 26.3 Å². The highest BCUT2D eigenvalue weighted by Gasteiger charge is 2.23. The van der Waals surface area contributed by atoms with Crippen LogP contribution < -0.4 is 20.7 Å². The first-order chi connectivity index (χ1) is 18.9. The number of nitrogens with zero attached hydrogens (tertiary/aromatic N) is 1. The summed E-state index contributed by atoms with van der Waals surface area (Å²) < 4.78 is 20.5. The van der Waals surface area contributed by atoms with E-state index in [9.17, 15) is 19.1 Å². The summed E-state index contributed by atoms with van der Waals surface area (Å²) in [4.78, 5) is 29.2. The van der Waals surface area contributed by atoms with E-state index in [1.165, 1.54) is 12.1 Å². The Morgan fingerprint density at radius 3 is 2.72 bits per heavy atom. The van der Waals surface area contributed by atoms with Crippen LogP contribution in [0.2, 0.25) is 0 Å². The Labute approximate surface area is 231 Å². The number of carbonyl (C=O) groups excluding carboxylic acids is 2. The van der Waals surface area contributed by atoms with Gasteiger partial charge in [0.2, 0.25) is 11.8 Å². The third-order valence-electron chi connectivity index (χ3n) is 7.00. The van der Waals surface area contributed by atoms with Gasteiger partial charge in [0.1, 0.15) is 11.6 Å². The molecule has 2 amide bonds. The normalized spacial score (nSPS) is 20.3. The van der Waals surface area contributed by atoms with Crippen LogP contribution in [0.4, 0.5) is 4.39 Å². The van der Waals surface area contributed by atoms with Gasteiger partial charge in [0.05, 0.1) is 18.8 Å². The summed E-state index contributed by atoms with van der Waals surface area (Å²) in [6.45, 7) is 5.87. The Morgan fingerprint density at radius 1 is 1.13 bits per heavy atom. The zero-order valence-electron chi connectivity index (χ0n) is 23.2. The van der Waals surface area contributed by atoms with E-state index < -0.39 is 18.0 Å². The van der Waals surface area contributed by atoms with Gasteiger partial charge in [0, 0.05) is 50.9 Å². The smallest absolute Gasteiger partial charge is 0.220 e. The molecule has 1 aromatic carbocycles. The second-order valence-corrected chi connectivity index (χ2v) is 10.4. The number of nitrogens with one attached hydrogen (secondary N) is 3. The zero-order valence-corrected chi connectivity index (χ0v) is 23.2. The molecule has 9 heteroatoms. The average Bonchev–Trinajstić information content (AvgIpc) is 2.90. The fourth-order valence-electron chi connectivity index (χ4n) is 4.82. The maximum Gasteiger partial charge on any atom is 0.220 e. The van der Waals surface area contributed by atoms with Crippen molar-refractivity contribution in [3.05, 3.63) is 59.2 Å². The number of rotatable bonds is 8. The van der Waals surface area contributed by atoms with Gasteiger partial charge >= 0.3 is 0 Å². The molecule has 1 unspecified atom stereocenters. The van der Waals surface area contributed by atoms with Crippen molar-refractivity contribution in [1.82, 2.24) is 20.9 Å². The van der Waals surface area contributed by atoms with Crippen molar-refractivity contribution < 1.29 is 23.8 Å². The fourth-order valence-corrected chi connectivity index (χ4v) is 4.82. The van der Waals surface area contributed by atoms with Gasteiger partial charge in [-0.2, -0.15) is 0 Å². The number of hydrogen-bond donors (Lipinski definition) is 4. The summed E-state index contributed by atoms with van der Waals surface area (Å²) in [6.07, 6.45) is 7.32. The number of pyridine rings is 1. The van der Waals surface area contributed by atoms with Crippen molar-refractivity contribution in [2.24, 2.45) is 5.92 Å². The Morgan fingerprint density at radius 2 is 1.92 bits per heavy atom. The van der Waals surface area contributed by atoms with E-state index in [1.54, 1.807) is 12.3 Å². The molecule has 0 spiro atoms. The van der Waals surface area contributed by atoms with Crippen LogP contribution in [-0.4, -0.2) is 53.7 Å². The molecule has 2 bridgehead atoms.